The number of thiazole rings is 1. The van der Waals surface area contributed by atoms with Crippen LogP contribution in [0.3, 0.4) is 0 Å². The standard InChI is InChI=1S/C29H32N2O3S/c1-4-17-33-25-13-9-10-14-26(25)34-20-28(32)31(19-22-11-7-6-8-12-22)29-30-24-16-15-23(21(3)5-2)18-27(24)35-29/h6-16,18,21H,4-5,17,19-20H2,1-3H3/t21-/m1/s1. The van der Waals surface area contributed by atoms with Crippen molar-refractivity contribution >= 4 is 32.6 Å². The number of para-hydroxylation sites is 2. The number of benzene rings is 3. The van der Waals surface area contributed by atoms with E-state index < -0.39 is 0 Å². The summed E-state index contributed by atoms with van der Waals surface area (Å²) in [6.45, 7) is 7.39. The lowest BCUT2D eigenvalue weighted by atomic mass is 9.99. The molecule has 0 bridgehead atoms. The Hall–Kier alpha value is -3.38. The molecule has 0 aliphatic carbocycles. The van der Waals surface area contributed by atoms with Gasteiger partial charge in [-0.2, -0.15) is 0 Å². The highest BCUT2D eigenvalue weighted by Crippen LogP contribution is 2.33. The van der Waals surface area contributed by atoms with Crippen molar-refractivity contribution in [2.24, 2.45) is 0 Å². The van der Waals surface area contributed by atoms with Crippen LogP contribution >= 0.6 is 11.3 Å². The third-order valence-corrected chi connectivity index (χ3v) is 7.00. The fourth-order valence-corrected chi connectivity index (χ4v) is 4.76. The number of ether oxygens (including phenoxy) is 2. The molecule has 1 amide bonds. The predicted octanol–water partition coefficient (Wildman–Crippen LogP) is 7.21. The molecule has 4 aromatic rings. The maximum Gasteiger partial charge on any atom is 0.267 e. The van der Waals surface area contributed by atoms with E-state index in [1.807, 2.05) is 54.6 Å². The van der Waals surface area contributed by atoms with E-state index in [4.69, 9.17) is 14.5 Å². The van der Waals surface area contributed by atoms with Crippen molar-refractivity contribution in [1.82, 2.24) is 4.98 Å². The fourth-order valence-electron chi connectivity index (χ4n) is 3.73. The van der Waals surface area contributed by atoms with E-state index in [1.54, 1.807) is 16.2 Å². The minimum atomic E-state index is -0.152. The van der Waals surface area contributed by atoms with Gasteiger partial charge in [0.2, 0.25) is 0 Å². The van der Waals surface area contributed by atoms with Crippen LogP contribution in [0.1, 0.15) is 50.7 Å². The van der Waals surface area contributed by atoms with E-state index in [1.165, 1.54) is 5.56 Å². The summed E-state index contributed by atoms with van der Waals surface area (Å²) >= 11 is 1.54. The maximum atomic E-state index is 13.5. The molecule has 0 unspecified atom stereocenters. The normalized spacial score (nSPS) is 11.9. The van der Waals surface area contributed by atoms with Crippen LogP contribution in [0.15, 0.2) is 72.8 Å². The lowest BCUT2D eigenvalue weighted by Gasteiger charge is -2.20. The average molecular weight is 489 g/mol. The van der Waals surface area contributed by atoms with Gasteiger partial charge in [0.1, 0.15) is 0 Å². The summed E-state index contributed by atoms with van der Waals surface area (Å²) in [5.74, 6) is 1.54. The summed E-state index contributed by atoms with van der Waals surface area (Å²) in [5, 5.41) is 0.675. The van der Waals surface area contributed by atoms with E-state index >= 15 is 0 Å². The highest BCUT2D eigenvalue weighted by atomic mass is 32.1. The SMILES string of the molecule is CCCOc1ccccc1OCC(=O)N(Cc1ccccc1)c1nc2ccc([C@H](C)CC)cc2s1. The molecule has 0 radical (unpaired) electrons. The molecule has 1 atom stereocenters. The first-order chi connectivity index (χ1) is 17.1. The van der Waals surface area contributed by atoms with Crippen LogP contribution in [-0.4, -0.2) is 24.1 Å². The number of carbonyl (C=O) groups is 1. The van der Waals surface area contributed by atoms with Gasteiger partial charge in [-0.3, -0.25) is 9.69 Å². The molecule has 35 heavy (non-hydrogen) atoms. The molecule has 0 spiro atoms. The topological polar surface area (TPSA) is 51.7 Å². The smallest absolute Gasteiger partial charge is 0.267 e. The Bertz CT molecular complexity index is 1260. The summed E-state index contributed by atoms with van der Waals surface area (Å²) in [4.78, 5) is 20.0. The lowest BCUT2D eigenvalue weighted by Crippen LogP contribution is -2.34. The van der Waals surface area contributed by atoms with Gasteiger partial charge in [0.15, 0.2) is 23.2 Å². The van der Waals surface area contributed by atoms with Crippen molar-refractivity contribution in [1.29, 1.82) is 0 Å². The first-order valence-corrected chi connectivity index (χ1v) is 13.0. The highest BCUT2D eigenvalue weighted by Gasteiger charge is 2.22. The van der Waals surface area contributed by atoms with Gasteiger partial charge in [-0.05, 0) is 54.2 Å². The van der Waals surface area contributed by atoms with Gasteiger partial charge in [0, 0.05) is 0 Å². The molecular weight excluding hydrogens is 456 g/mol. The monoisotopic (exact) mass is 488 g/mol. The summed E-state index contributed by atoms with van der Waals surface area (Å²) < 4.78 is 12.8. The molecule has 0 aliphatic rings. The molecule has 6 heteroatoms. The molecule has 0 aliphatic heterocycles. The van der Waals surface area contributed by atoms with Crippen LogP contribution in [0.25, 0.3) is 10.2 Å². The molecule has 0 fully saturated rings. The fraction of sp³-hybridized carbons (Fsp3) is 0.310. The third kappa shape index (κ3) is 6.20. The Kier molecular flexibility index (Phi) is 8.37. The zero-order chi connectivity index (χ0) is 24.6. The van der Waals surface area contributed by atoms with Crippen molar-refractivity contribution in [2.75, 3.05) is 18.1 Å². The summed E-state index contributed by atoms with van der Waals surface area (Å²) in [5.41, 5.74) is 3.23. The summed E-state index contributed by atoms with van der Waals surface area (Å²) in [7, 11) is 0. The lowest BCUT2D eigenvalue weighted by molar-refractivity contribution is -0.120. The Morgan fingerprint density at radius 3 is 2.40 bits per heavy atom. The summed E-state index contributed by atoms with van der Waals surface area (Å²) in [6.07, 6.45) is 1.98. The number of amides is 1. The molecular formula is C29H32N2O3S. The number of anilines is 1. The largest absolute Gasteiger partial charge is 0.490 e. The van der Waals surface area contributed by atoms with Crippen molar-refractivity contribution in [2.45, 2.75) is 46.1 Å². The van der Waals surface area contributed by atoms with Gasteiger partial charge in [0.05, 0.1) is 23.4 Å². The van der Waals surface area contributed by atoms with Crippen LogP contribution in [0.5, 0.6) is 11.5 Å². The van der Waals surface area contributed by atoms with Gasteiger partial charge in [0.25, 0.3) is 5.91 Å². The van der Waals surface area contributed by atoms with E-state index in [0.29, 0.717) is 35.7 Å². The second kappa shape index (κ2) is 11.8. The van der Waals surface area contributed by atoms with E-state index in [2.05, 4.69) is 39.0 Å². The number of hydrogen-bond acceptors (Lipinski definition) is 5. The molecule has 4 rings (SSSR count). The summed E-state index contributed by atoms with van der Waals surface area (Å²) in [6, 6.07) is 23.8. The molecule has 0 N–H and O–H groups in total. The average Bonchev–Trinajstić information content (AvgIpc) is 3.32. The zero-order valence-corrected chi connectivity index (χ0v) is 21.4. The zero-order valence-electron chi connectivity index (χ0n) is 20.6. The quantitative estimate of drug-likeness (QED) is 0.224. The number of hydrogen-bond donors (Lipinski definition) is 0. The van der Waals surface area contributed by atoms with Gasteiger partial charge in [-0.25, -0.2) is 4.98 Å². The van der Waals surface area contributed by atoms with Crippen molar-refractivity contribution in [3.05, 3.63) is 83.9 Å². The molecule has 0 saturated carbocycles. The van der Waals surface area contributed by atoms with Gasteiger partial charge >= 0.3 is 0 Å². The molecule has 182 valence electrons. The number of aromatic nitrogens is 1. The second-order valence-electron chi connectivity index (χ2n) is 8.58. The van der Waals surface area contributed by atoms with Crippen LogP contribution < -0.4 is 14.4 Å². The molecule has 1 aromatic heterocycles. The van der Waals surface area contributed by atoms with Gasteiger partial charge in [-0.1, -0.05) is 80.6 Å². The first-order valence-electron chi connectivity index (χ1n) is 12.2. The Labute approximate surface area is 211 Å². The first kappa shape index (κ1) is 24.7. The van der Waals surface area contributed by atoms with Crippen LogP contribution in [0.2, 0.25) is 0 Å². The highest BCUT2D eigenvalue weighted by molar-refractivity contribution is 7.22. The van der Waals surface area contributed by atoms with Crippen molar-refractivity contribution in [3.63, 3.8) is 0 Å². The maximum absolute atomic E-state index is 13.5. The number of fused-ring (bicyclic) bond motifs is 1. The molecule has 5 nitrogen and oxygen atoms in total. The third-order valence-electron chi connectivity index (χ3n) is 5.96. The molecule has 1 heterocycles. The van der Waals surface area contributed by atoms with Gasteiger partial charge < -0.3 is 9.47 Å². The van der Waals surface area contributed by atoms with Crippen LogP contribution in [0, 0.1) is 0 Å². The van der Waals surface area contributed by atoms with E-state index in [0.717, 1.165) is 28.6 Å². The van der Waals surface area contributed by atoms with Crippen molar-refractivity contribution < 1.29 is 14.3 Å². The minimum Gasteiger partial charge on any atom is -0.490 e. The number of carbonyl (C=O) groups excluding carboxylic acids is 1. The van der Waals surface area contributed by atoms with Crippen LogP contribution in [-0.2, 0) is 11.3 Å². The molecule has 0 saturated heterocycles. The van der Waals surface area contributed by atoms with E-state index in [9.17, 15) is 4.79 Å². The minimum absolute atomic E-state index is 0.104. The Balaban J connectivity index is 1.59. The Morgan fingerprint density at radius 2 is 1.69 bits per heavy atom. The van der Waals surface area contributed by atoms with Crippen LogP contribution in [0.4, 0.5) is 5.13 Å². The number of nitrogens with zero attached hydrogens (tertiary/aromatic N) is 2. The Morgan fingerprint density at radius 1 is 0.971 bits per heavy atom. The van der Waals surface area contributed by atoms with E-state index in [-0.39, 0.29) is 12.5 Å². The second-order valence-corrected chi connectivity index (χ2v) is 9.59. The number of rotatable bonds is 11. The predicted molar refractivity (Wildman–Crippen MR) is 144 cm³/mol. The van der Waals surface area contributed by atoms with Gasteiger partial charge in [-0.15, -0.1) is 0 Å². The van der Waals surface area contributed by atoms with Crippen molar-refractivity contribution in [3.8, 4) is 11.5 Å². The molecule has 3 aromatic carbocycles.